The fourth-order valence-corrected chi connectivity index (χ4v) is 3.56. The van der Waals surface area contributed by atoms with Gasteiger partial charge in [0.05, 0.1) is 0 Å². The van der Waals surface area contributed by atoms with Gasteiger partial charge in [0.25, 0.3) is 0 Å². The van der Waals surface area contributed by atoms with E-state index in [-0.39, 0.29) is 19.1 Å². The van der Waals surface area contributed by atoms with Crippen molar-refractivity contribution in [2.45, 2.75) is 45.4 Å². The molecule has 0 spiro atoms. The molecule has 194 valence electrons. The Balaban J connectivity index is 1.60. The first-order valence-corrected chi connectivity index (χ1v) is 12.0. The average molecular weight is 498 g/mol. The molecule has 1 aliphatic heterocycles. The van der Waals surface area contributed by atoms with Crippen LogP contribution >= 0.6 is 0 Å². The van der Waals surface area contributed by atoms with E-state index in [0.29, 0.717) is 18.8 Å². The average Bonchev–Trinajstić information content (AvgIpc) is 2.83. The van der Waals surface area contributed by atoms with Gasteiger partial charge in [-0.25, -0.2) is 14.4 Å². The lowest BCUT2D eigenvalue weighted by atomic mass is 10.1. The van der Waals surface area contributed by atoms with Crippen LogP contribution in [0.3, 0.4) is 0 Å². The Morgan fingerprint density at radius 3 is 2.17 bits per heavy atom. The molecule has 1 fully saturated rings. The third kappa shape index (κ3) is 8.88. The number of nitrogens with one attached hydrogen (secondary N) is 1. The summed E-state index contributed by atoms with van der Waals surface area (Å²) in [5.41, 5.74) is 0.878. The molecule has 3 rings (SSSR count). The number of rotatable bonds is 7. The Morgan fingerprint density at radius 1 is 0.917 bits per heavy atom. The molecule has 0 radical (unpaired) electrons. The van der Waals surface area contributed by atoms with Crippen molar-refractivity contribution in [1.29, 1.82) is 0 Å². The van der Waals surface area contributed by atoms with E-state index in [9.17, 15) is 14.4 Å². The van der Waals surface area contributed by atoms with E-state index >= 15 is 0 Å². The molecule has 2 aromatic rings. The fourth-order valence-electron chi connectivity index (χ4n) is 3.56. The van der Waals surface area contributed by atoms with Gasteiger partial charge in [-0.05, 0) is 51.1 Å². The van der Waals surface area contributed by atoms with Gasteiger partial charge in [-0.1, -0.05) is 42.5 Å². The highest BCUT2D eigenvalue weighted by Gasteiger charge is 2.28. The van der Waals surface area contributed by atoms with Crippen molar-refractivity contribution in [1.82, 2.24) is 15.1 Å². The van der Waals surface area contributed by atoms with Crippen LogP contribution in [0.1, 0.15) is 31.9 Å². The van der Waals surface area contributed by atoms with Crippen molar-refractivity contribution in [3.05, 3.63) is 65.7 Å². The minimum absolute atomic E-state index is 0.0844. The molecule has 0 aromatic heterocycles. The number of carbonyl (C=O) groups excluding carboxylic acids is 3. The summed E-state index contributed by atoms with van der Waals surface area (Å²) in [5, 5.41) is 2.62. The van der Waals surface area contributed by atoms with Crippen LogP contribution < -0.4 is 10.1 Å². The van der Waals surface area contributed by atoms with Crippen molar-refractivity contribution in [2.75, 3.05) is 33.2 Å². The summed E-state index contributed by atoms with van der Waals surface area (Å²) in [5.74, 6) is -0.156. The fraction of sp³-hybridized carbons (Fsp3) is 0.444. The van der Waals surface area contributed by atoms with Crippen LogP contribution in [0.5, 0.6) is 5.75 Å². The first-order valence-electron chi connectivity index (χ1n) is 12.0. The third-order valence-electron chi connectivity index (χ3n) is 5.53. The van der Waals surface area contributed by atoms with E-state index in [0.717, 1.165) is 24.2 Å². The van der Waals surface area contributed by atoms with Crippen molar-refractivity contribution >= 4 is 18.2 Å². The number of benzene rings is 2. The summed E-state index contributed by atoms with van der Waals surface area (Å²) in [6.07, 6.45) is -0.917. The molecule has 9 heteroatoms. The van der Waals surface area contributed by atoms with Gasteiger partial charge in [0.2, 0.25) is 0 Å². The van der Waals surface area contributed by atoms with Gasteiger partial charge >= 0.3 is 18.2 Å². The number of nitrogens with zero attached hydrogens (tertiary/aromatic N) is 2. The molecule has 1 heterocycles. The summed E-state index contributed by atoms with van der Waals surface area (Å²) < 4.78 is 16.3. The molecule has 1 aliphatic rings. The van der Waals surface area contributed by atoms with Gasteiger partial charge in [0.15, 0.2) is 0 Å². The van der Waals surface area contributed by atoms with Crippen LogP contribution in [0, 0.1) is 0 Å². The van der Waals surface area contributed by atoms with Crippen LogP contribution in [0.25, 0.3) is 0 Å². The molecule has 0 aliphatic carbocycles. The second-order valence-electron chi connectivity index (χ2n) is 9.80. The lowest BCUT2D eigenvalue weighted by molar-refractivity contribution is -0.157. The zero-order valence-electron chi connectivity index (χ0n) is 21.4. The number of esters is 1. The summed E-state index contributed by atoms with van der Waals surface area (Å²) >= 11 is 0. The van der Waals surface area contributed by atoms with E-state index in [2.05, 4.69) is 10.2 Å². The lowest BCUT2D eigenvalue weighted by Gasteiger charge is -2.31. The highest BCUT2D eigenvalue weighted by Crippen LogP contribution is 2.17. The van der Waals surface area contributed by atoms with E-state index in [1.165, 1.54) is 0 Å². The minimum atomic E-state index is -0.953. The topological polar surface area (TPSA) is 97.4 Å². The number of amides is 2. The Hall–Kier alpha value is -3.59. The predicted molar refractivity (Wildman–Crippen MR) is 135 cm³/mol. The monoisotopic (exact) mass is 497 g/mol. The van der Waals surface area contributed by atoms with Crippen LogP contribution in [0.2, 0.25) is 0 Å². The van der Waals surface area contributed by atoms with Crippen molar-refractivity contribution < 1.29 is 28.6 Å². The number of piperazine rings is 1. The molecule has 9 nitrogen and oxygen atoms in total. The molecule has 0 unspecified atom stereocenters. The van der Waals surface area contributed by atoms with Gasteiger partial charge in [-0.15, -0.1) is 0 Å². The minimum Gasteiger partial charge on any atom is -0.458 e. The quantitative estimate of drug-likeness (QED) is 0.584. The Morgan fingerprint density at radius 2 is 1.56 bits per heavy atom. The zero-order chi connectivity index (χ0) is 26.1. The van der Waals surface area contributed by atoms with E-state index < -0.39 is 23.7 Å². The standard InChI is InChI=1S/C27H35N3O6/c1-27(2,3)36-24(31)23(28-25(32)34-19-21-8-6-5-7-9-21)18-20-10-12-22(13-11-20)35-26(33)30-16-14-29(4)15-17-30/h5-13,23H,14-19H2,1-4H3,(H,28,32)/t23-/m0/s1. The number of hydrogen-bond acceptors (Lipinski definition) is 7. The normalized spacial score (nSPS) is 15.1. The number of hydrogen-bond donors (Lipinski definition) is 1. The first kappa shape index (κ1) is 27.0. The van der Waals surface area contributed by atoms with Crippen molar-refractivity contribution in [2.24, 2.45) is 0 Å². The summed E-state index contributed by atoms with van der Waals surface area (Å²) in [6, 6.07) is 15.2. The first-order chi connectivity index (χ1) is 17.1. The van der Waals surface area contributed by atoms with Gasteiger partial charge in [0, 0.05) is 32.6 Å². The Kier molecular flexibility index (Phi) is 9.30. The van der Waals surface area contributed by atoms with Gasteiger partial charge in [-0.2, -0.15) is 0 Å². The Bertz CT molecular complexity index is 1010. The number of ether oxygens (including phenoxy) is 3. The van der Waals surface area contributed by atoms with E-state index in [1.807, 2.05) is 37.4 Å². The summed E-state index contributed by atoms with van der Waals surface area (Å²) in [7, 11) is 2.02. The van der Waals surface area contributed by atoms with Gasteiger partial charge in [-0.3, -0.25) is 0 Å². The summed E-state index contributed by atoms with van der Waals surface area (Å²) in [4.78, 5) is 41.5. The smallest absolute Gasteiger partial charge is 0.415 e. The predicted octanol–water partition coefficient (Wildman–Crippen LogP) is 3.61. The van der Waals surface area contributed by atoms with Crippen LogP contribution in [-0.4, -0.2) is 72.8 Å². The second kappa shape index (κ2) is 12.4. The molecule has 0 saturated carbocycles. The summed E-state index contributed by atoms with van der Waals surface area (Å²) in [6.45, 7) is 8.23. The number of likely N-dealkylation sites (N-methyl/N-ethyl adjacent to an activating group) is 1. The second-order valence-corrected chi connectivity index (χ2v) is 9.80. The molecular formula is C27H35N3O6. The van der Waals surface area contributed by atoms with Crippen LogP contribution in [0.15, 0.2) is 54.6 Å². The molecule has 1 saturated heterocycles. The SMILES string of the molecule is CN1CCN(C(=O)Oc2ccc(C[C@H](NC(=O)OCc3ccccc3)C(=O)OC(C)(C)C)cc2)CC1. The molecular weight excluding hydrogens is 462 g/mol. The maximum absolute atomic E-state index is 12.8. The lowest BCUT2D eigenvalue weighted by Crippen LogP contribution is -2.48. The maximum atomic E-state index is 12.8. The largest absolute Gasteiger partial charge is 0.458 e. The molecule has 1 atom stereocenters. The van der Waals surface area contributed by atoms with Crippen LogP contribution in [-0.2, 0) is 27.3 Å². The number of carbonyl (C=O) groups is 3. The zero-order valence-corrected chi connectivity index (χ0v) is 21.4. The Labute approximate surface area is 212 Å². The molecule has 36 heavy (non-hydrogen) atoms. The maximum Gasteiger partial charge on any atom is 0.415 e. The van der Waals surface area contributed by atoms with Gasteiger partial charge < -0.3 is 29.3 Å². The third-order valence-corrected chi connectivity index (χ3v) is 5.53. The molecule has 2 aromatic carbocycles. The van der Waals surface area contributed by atoms with Gasteiger partial charge in [0.1, 0.15) is 24.0 Å². The van der Waals surface area contributed by atoms with Crippen molar-refractivity contribution in [3.8, 4) is 5.75 Å². The van der Waals surface area contributed by atoms with Crippen LogP contribution in [0.4, 0.5) is 9.59 Å². The van der Waals surface area contributed by atoms with E-state index in [1.54, 1.807) is 49.9 Å². The van der Waals surface area contributed by atoms with E-state index in [4.69, 9.17) is 14.2 Å². The molecule has 2 amide bonds. The highest BCUT2D eigenvalue weighted by molar-refractivity contribution is 5.82. The molecule has 0 bridgehead atoms. The number of alkyl carbamates (subject to hydrolysis) is 1. The molecule has 1 N–H and O–H groups in total. The highest BCUT2D eigenvalue weighted by atomic mass is 16.6. The van der Waals surface area contributed by atoms with Crippen molar-refractivity contribution in [3.63, 3.8) is 0 Å².